The molecule has 0 aromatic heterocycles. The van der Waals surface area contributed by atoms with Crippen molar-refractivity contribution in [2.45, 2.75) is 71.8 Å². The highest BCUT2D eigenvalue weighted by molar-refractivity contribution is 5.75. The van der Waals surface area contributed by atoms with Crippen LogP contribution < -0.4 is 15.2 Å². The predicted molar refractivity (Wildman–Crippen MR) is 121 cm³/mol. The molecule has 0 amide bonds. The van der Waals surface area contributed by atoms with E-state index >= 15 is 0 Å². The van der Waals surface area contributed by atoms with E-state index in [2.05, 4.69) is 4.74 Å². The second kappa shape index (κ2) is 13.4. The number of ether oxygens (including phenoxy) is 6. The van der Waals surface area contributed by atoms with Crippen molar-refractivity contribution in [1.82, 2.24) is 0 Å². The molecule has 0 saturated heterocycles. The molecule has 3 N–H and O–H groups in total. The van der Waals surface area contributed by atoms with Crippen LogP contribution in [0, 0.1) is 5.92 Å². The number of aliphatic carboxylic acids is 1. The number of methoxy groups -OCH3 is 1. The molecule has 0 aliphatic rings. The molecule has 0 aliphatic heterocycles. The van der Waals surface area contributed by atoms with Gasteiger partial charge in [-0.1, -0.05) is 13.0 Å². The third-order valence-corrected chi connectivity index (χ3v) is 4.83. The first kappa shape index (κ1) is 29.5. The fraction of sp³-hybridized carbons (Fsp3) is 0.565. The van der Waals surface area contributed by atoms with Crippen LogP contribution in [0.15, 0.2) is 18.2 Å². The lowest BCUT2D eigenvalue weighted by molar-refractivity contribution is -0.139. The Morgan fingerprint density at radius 1 is 0.800 bits per heavy atom. The van der Waals surface area contributed by atoms with Crippen LogP contribution in [0.25, 0.3) is 0 Å². The van der Waals surface area contributed by atoms with Gasteiger partial charge in [0, 0.05) is 11.8 Å². The maximum absolute atomic E-state index is 12.2. The van der Waals surface area contributed by atoms with E-state index in [1.165, 1.54) is 18.2 Å². The summed E-state index contributed by atoms with van der Waals surface area (Å²) in [6, 6.07) is 2.62. The summed E-state index contributed by atoms with van der Waals surface area (Å²) in [6.45, 7) is 9.67. The Morgan fingerprint density at radius 2 is 1.31 bits per heavy atom. The number of benzene rings is 1. The van der Waals surface area contributed by atoms with Crippen LogP contribution in [-0.4, -0.2) is 61.0 Å². The van der Waals surface area contributed by atoms with Gasteiger partial charge in [-0.2, -0.15) is 0 Å². The molecule has 0 radical (unpaired) electrons. The van der Waals surface area contributed by atoms with Crippen molar-refractivity contribution >= 4 is 24.4 Å². The minimum atomic E-state index is -1.43. The van der Waals surface area contributed by atoms with Gasteiger partial charge in [-0.25, -0.2) is 14.4 Å². The molecule has 0 fully saturated rings. The van der Waals surface area contributed by atoms with Gasteiger partial charge in [0.25, 0.3) is 0 Å². The summed E-state index contributed by atoms with van der Waals surface area (Å²) >= 11 is 0. The molecule has 0 aliphatic carbocycles. The molecule has 1 rings (SSSR count). The van der Waals surface area contributed by atoms with E-state index in [1.807, 2.05) is 0 Å². The van der Waals surface area contributed by atoms with Crippen molar-refractivity contribution in [1.29, 1.82) is 0 Å². The van der Waals surface area contributed by atoms with Crippen LogP contribution in [0.1, 0.15) is 53.0 Å². The van der Waals surface area contributed by atoms with Gasteiger partial charge in [-0.3, -0.25) is 4.79 Å². The van der Waals surface area contributed by atoms with E-state index in [-0.39, 0.29) is 11.5 Å². The fourth-order valence-corrected chi connectivity index (χ4v) is 3.10. The number of carboxylic acids is 1. The van der Waals surface area contributed by atoms with Gasteiger partial charge in [-0.15, -0.1) is 0 Å². The molecule has 0 bridgehead atoms. The predicted octanol–water partition coefficient (Wildman–Crippen LogP) is 3.84. The Morgan fingerprint density at radius 3 is 1.77 bits per heavy atom. The lowest BCUT2D eigenvalue weighted by Gasteiger charge is -2.31. The summed E-state index contributed by atoms with van der Waals surface area (Å²) in [4.78, 5) is 47.5. The Bertz CT molecular complexity index is 899. The lowest BCUT2D eigenvalue weighted by Crippen LogP contribution is -2.42. The van der Waals surface area contributed by atoms with Crippen LogP contribution in [0.5, 0.6) is 11.5 Å². The molecular formula is C23H33NO11. The monoisotopic (exact) mass is 499 g/mol. The molecular weight excluding hydrogens is 466 g/mol. The SMILES string of the molecule is COC(=O)OC(C)C(C)C(c1ccc(OC(=O)OC(C)C)c(OC(=O)OC(C)C)c1)[C@H](N)C(=O)O. The van der Waals surface area contributed by atoms with Crippen LogP contribution in [0.4, 0.5) is 14.4 Å². The molecule has 0 heterocycles. The van der Waals surface area contributed by atoms with Crippen molar-refractivity contribution in [3.05, 3.63) is 23.8 Å². The van der Waals surface area contributed by atoms with Crippen LogP contribution in [0.3, 0.4) is 0 Å². The van der Waals surface area contributed by atoms with Gasteiger partial charge in [0.2, 0.25) is 0 Å². The molecule has 35 heavy (non-hydrogen) atoms. The minimum absolute atomic E-state index is 0.172. The topological polar surface area (TPSA) is 170 Å². The summed E-state index contributed by atoms with van der Waals surface area (Å²) in [5.74, 6) is -3.27. The second-order valence-corrected chi connectivity index (χ2v) is 8.27. The normalized spacial score (nSPS) is 14.3. The highest BCUT2D eigenvalue weighted by Crippen LogP contribution is 2.37. The third kappa shape index (κ3) is 9.32. The third-order valence-electron chi connectivity index (χ3n) is 4.83. The minimum Gasteiger partial charge on any atom is -0.480 e. The van der Waals surface area contributed by atoms with Crippen molar-refractivity contribution < 1.29 is 52.7 Å². The summed E-state index contributed by atoms with van der Waals surface area (Å²) < 4.78 is 30.0. The highest BCUT2D eigenvalue weighted by atomic mass is 16.8. The number of hydrogen-bond donors (Lipinski definition) is 2. The Balaban J connectivity index is 3.46. The van der Waals surface area contributed by atoms with Crippen molar-refractivity contribution in [2.75, 3.05) is 7.11 Å². The lowest BCUT2D eigenvalue weighted by atomic mass is 9.79. The van der Waals surface area contributed by atoms with E-state index < -0.39 is 60.6 Å². The molecule has 3 unspecified atom stereocenters. The first-order valence-electron chi connectivity index (χ1n) is 10.9. The number of hydrogen-bond acceptors (Lipinski definition) is 11. The summed E-state index contributed by atoms with van der Waals surface area (Å²) in [5, 5.41) is 9.60. The summed E-state index contributed by atoms with van der Waals surface area (Å²) in [7, 11) is 1.14. The van der Waals surface area contributed by atoms with Crippen molar-refractivity contribution in [3.8, 4) is 11.5 Å². The molecule has 4 atom stereocenters. The van der Waals surface area contributed by atoms with Gasteiger partial charge in [0.15, 0.2) is 11.5 Å². The quantitative estimate of drug-likeness (QED) is 0.271. The summed E-state index contributed by atoms with van der Waals surface area (Å²) in [5.41, 5.74) is 6.29. The zero-order valence-electron chi connectivity index (χ0n) is 20.8. The van der Waals surface area contributed by atoms with Crippen molar-refractivity contribution in [3.63, 3.8) is 0 Å². The summed E-state index contributed by atoms with van der Waals surface area (Å²) in [6.07, 6.45) is -4.82. The van der Waals surface area contributed by atoms with Gasteiger partial charge >= 0.3 is 24.4 Å². The van der Waals surface area contributed by atoms with E-state index in [9.17, 15) is 24.3 Å². The zero-order valence-corrected chi connectivity index (χ0v) is 20.8. The van der Waals surface area contributed by atoms with E-state index in [0.717, 1.165) is 7.11 Å². The van der Waals surface area contributed by atoms with E-state index in [1.54, 1.807) is 41.5 Å². The van der Waals surface area contributed by atoms with Gasteiger partial charge < -0.3 is 39.3 Å². The van der Waals surface area contributed by atoms with Gasteiger partial charge in [-0.05, 0) is 52.3 Å². The Kier molecular flexibility index (Phi) is 11.3. The van der Waals surface area contributed by atoms with Crippen LogP contribution >= 0.6 is 0 Å². The number of rotatable bonds is 10. The number of carbonyl (C=O) groups is 4. The molecule has 0 spiro atoms. The van der Waals surface area contributed by atoms with Crippen molar-refractivity contribution in [2.24, 2.45) is 11.7 Å². The second-order valence-electron chi connectivity index (χ2n) is 8.27. The molecule has 1 aromatic rings. The molecule has 196 valence electrons. The number of carbonyl (C=O) groups excluding carboxylic acids is 3. The van der Waals surface area contributed by atoms with E-state index in [4.69, 9.17) is 29.4 Å². The Hall–Kier alpha value is -3.54. The first-order valence-corrected chi connectivity index (χ1v) is 10.9. The molecule has 0 saturated carbocycles. The maximum Gasteiger partial charge on any atom is 0.514 e. The molecule has 1 aromatic carbocycles. The molecule has 12 nitrogen and oxygen atoms in total. The number of carboxylic acid groups (broad SMARTS) is 1. The zero-order chi connectivity index (χ0) is 26.9. The van der Waals surface area contributed by atoms with Gasteiger partial charge in [0.05, 0.1) is 19.3 Å². The Labute approximate surface area is 203 Å². The highest BCUT2D eigenvalue weighted by Gasteiger charge is 2.36. The van der Waals surface area contributed by atoms with Gasteiger partial charge in [0.1, 0.15) is 12.1 Å². The maximum atomic E-state index is 12.2. The van der Waals surface area contributed by atoms with Crippen LogP contribution in [0.2, 0.25) is 0 Å². The fourth-order valence-electron chi connectivity index (χ4n) is 3.10. The smallest absolute Gasteiger partial charge is 0.480 e. The molecule has 12 heteroatoms. The largest absolute Gasteiger partial charge is 0.514 e. The van der Waals surface area contributed by atoms with E-state index in [0.29, 0.717) is 5.56 Å². The first-order chi connectivity index (χ1) is 16.3. The standard InChI is InChI=1S/C23H33NO11/c1-11(2)31-22(28)34-16-9-8-15(10-17(16)35-23(29)32-12(3)4)18(19(24)20(25)26)13(5)14(6)33-21(27)30-7/h8-14,18-19H,24H2,1-7H3,(H,25,26)/t13?,14?,18?,19-/m0/s1. The average molecular weight is 500 g/mol. The average Bonchev–Trinajstić information content (AvgIpc) is 2.73. The van der Waals surface area contributed by atoms with Crippen LogP contribution in [-0.2, 0) is 23.7 Å². The number of nitrogens with two attached hydrogens (primary N) is 1.